The number of benzene rings is 2. The Labute approximate surface area is 168 Å². The van der Waals surface area contributed by atoms with Crippen molar-refractivity contribution in [1.29, 1.82) is 0 Å². The van der Waals surface area contributed by atoms with Gasteiger partial charge in [-0.15, -0.1) is 0 Å². The van der Waals surface area contributed by atoms with E-state index < -0.39 is 0 Å². The Bertz CT molecular complexity index is 1020. The van der Waals surface area contributed by atoms with Gasteiger partial charge in [0.1, 0.15) is 0 Å². The van der Waals surface area contributed by atoms with E-state index in [9.17, 15) is 14.4 Å². The minimum Gasteiger partial charge on any atom is -0.326 e. The van der Waals surface area contributed by atoms with E-state index in [0.717, 1.165) is 5.69 Å². The van der Waals surface area contributed by atoms with Gasteiger partial charge >= 0.3 is 0 Å². The van der Waals surface area contributed by atoms with E-state index in [-0.39, 0.29) is 30.4 Å². The molecule has 3 rings (SSSR count). The molecule has 3 aromatic rings. The third-order valence-corrected chi connectivity index (χ3v) is 4.45. The summed E-state index contributed by atoms with van der Waals surface area (Å²) in [6.45, 7) is 3.62. The van der Waals surface area contributed by atoms with Crippen molar-refractivity contribution in [2.45, 2.75) is 26.7 Å². The van der Waals surface area contributed by atoms with Crippen LogP contribution in [-0.4, -0.2) is 27.8 Å². The van der Waals surface area contributed by atoms with Crippen molar-refractivity contribution in [3.05, 3.63) is 77.1 Å². The highest BCUT2D eigenvalue weighted by Crippen LogP contribution is 2.18. The number of aromatic amines is 1. The highest BCUT2D eigenvalue weighted by atomic mass is 16.2. The van der Waals surface area contributed by atoms with Gasteiger partial charge in [-0.05, 0) is 32.0 Å². The van der Waals surface area contributed by atoms with Crippen LogP contribution in [0.2, 0.25) is 0 Å². The van der Waals surface area contributed by atoms with E-state index in [2.05, 4.69) is 20.8 Å². The maximum absolute atomic E-state index is 12.5. The zero-order valence-corrected chi connectivity index (χ0v) is 16.3. The van der Waals surface area contributed by atoms with Crippen LogP contribution in [0.4, 0.5) is 11.4 Å². The number of anilines is 2. The number of aryl methyl sites for hydroxylation is 2. The molecule has 0 atom stereocenters. The number of ketones is 1. The van der Waals surface area contributed by atoms with Crippen molar-refractivity contribution in [2.24, 2.45) is 0 Å². The summed E-state index contributed by atoms with van der Waals surface area (Å²) in [5.74, 6) is -0.666. The van der Waals surface area contributed by atoms with Crippen LogP contribution in [0, 0.1) is 13.8 Å². The van der Waals surface area contributed by atoms with Crippen LogP contribution >= 0.6 is 0 Å². The van der Waals surface area contributed by atoms with Crippen LogP contribution in [0.25, 0.3) is 0 Å². The topological polar surface area (TPSA) is 104 Å². The number of Topliss-reactive ketones (excluding diaryl/α,β-unsaturated/α-hetero) is 1. The third-order valence-electron chi connectivity index (χ3n) is 4.45. The van der Waals surface area contributed by atoms with Crippen molar-refractivity contribution in [3.8, 4) is 0 Å². The third kappa shape index (κ3) is 5.16. The second kappa shape index (κ2) is 8.97. The number of hydrogen-bond donors (Lipinski definition) is 3. The van der Waals surface area contributed by atoms with Crippen LogP contribution in [0.15, 0.2) is 54.6 Å². The monoisotopic (exact) mass is 390 g/mol. The van der Waals surface area contributed by atoms with Crippen LogP contribution < -0.4 is 10.6 Å². The van der Waals surface area contributed by atoms with Gasteiger partial charge in [0.15, 0.2) is 5.78 Å². The molecule has 0 bridgehead atoms. The van der Waals surface area contributed by atoms with E-state index in [4.69, 9.17) is 0 Å². The molecule has 0 spiro atoms. The second-order valence-electron chi connectivity index (χ2n) is 6.68. The standard InChI is InChI=1S/C22H22N4O3/c1-14-21(15(2)26-25-14)24-22(29)17-9-6-10-18(13-17)23-20(28)12-11-19(27)16-7-4-3-5-8-16/h3-10,13H,11-12H2,1-2H3,(H,23,28)(H,24,29)(H,25,26). The van der Waals surface area contributed by atoms with Crippen molar-refractivity contribution in [1.82, 2.24) is 10.2 Å². The van der Waals surface area contributed by atoms with Gasteiger partial charge in [-0.25, -0.2) is 0 Å². The maximum Gasteiger partial charge on any atom is 0.255 e. The summed E-state index contributed by atoms with van der Waals surface area (Å²) in [6.07, 6.45) is 0.187. The first-order valence-corrected chi connectivity index (χ1v) is 9.25. The van der Waals surface area contributed by atoms with E-state index in [1.54, 1.807) is 55.5 Å². The van der Waals surface area contributed by atoms with Crippen LogP contribution in [0.1, 0.15) is 44.9 Å². The van der Waals surface area contributed by atoms with Gasteiger partial charge in [0, 0.05) is 29.7 Å². The number of amides is 2. The van der Waals surface area contributed by atoms with Gasteiger partial charge in [-0.1, -0.05) is 36.4 Å². The van der Waals surface area contributed by atoms with Gasteiger partial charge in [0.25, 0.3) is 5.91 Å². The fourth-order valence-electron chi connectivity index (χ4n) is 2.88. The SMILES string of the molecule is Cc1n[nH]c(C)c1NC(=O)c1cccc(NC(=O)CCC(=O)c2ccccc2)c1. The van der Waals surface area contributed by atoms with Crippen molar-refractivity contribution >= 4 is 29.0 Å². The Balaban J connectivity index is 1.58. The fourth-order valence-corrected chi connectivity index (χ4v) is 2.88. The molecule has 0 aliphatic rings. The molecule has 2 amide bonds. The van der Waals surface area contributed by atoms with E-state index in [1.165, 1.54) is 0 Å². The molecule has 0 radical (unpaired) electrons. The molecule has 148 valence electrons. The molecule has 0 fully saturated rings. The zero-order valence-electron chi connectivity index (χ0n) is 16.3. The smallest absolute Gasteiger partial charge is 0.255 e. The number of carbonyl (C=O) groups excluding carboxylic acids is 3. The molecule has 3 N–H and O–H groups in total. The highest BCUT2D eigenvalue weighted by molar-refractivity contribution is 6.06. The lowest BCUT2D eigenvalue weighted by atomic mass is 10.1. The Kier molecular flexibility index (Phi) is 6.19. The molecule has 0 saturated carbocycles. The molecule has 2 aromatic carbocycles. The van der Waals surface area contributed by atoms with E-state index in [0.29, 0.717) is 28.2 Å². The average Bonchev–Trinajstić information content (AvgIpc) is 3.05. The second-order valence-corrected chi connectivity index (χ2v) is 6.68. The van der Waals surface area contributed by atoms with Crippen LogP contribution in [0.3, 0.4) is 0 Å². The summed E-state index contributed by atoms with van der Waals surface area (Å²) in [5.41, 5.74) is 3.60. The maximum atomic E-state index is 12.5. The van der Waals surface area contributed by atoms with Crippen molar-refractivity contribution in [2.75, 3.05) is 10.6 Å². The molecule has 1 heterocycles. The predicted octanol–water partition coefficient (Wildman–Crippen LogP) is 3.88. The molecule has 0 aliphatic heterocycles. The first-order valence-electron chi connectivity index (χ1n) is 9.25. The first-order chi connectivity index (χ1) is 13.9. The van der Waals surface area contributed by atoms with Gasteiger partial charge in [-0.2, -0.15) is 5.10 Å². The summed E-state index contributed by atoms with van der Waals surface area (Å²) in [7, 11) is 0. The Morgan fingerprint density at radius 1 is 0.897 bits per heavy atom. The molecule has 7 nitrogen and oxygen atoms in total. The van der Waals surface area contributed by atoms with Crippen molar-refractivity contribution < 1.29 is 14.4 Å². The number of hydrogen-bond acceptors (Lipinski definition) is 4. The lowest BCUT2D eigenvalue weighted by Gasteiger charge is -2.09. The molecule has 29 heavy (non-hydrogen) atoms. The fraction of sp³-hybridized carbons (Fsp3) is 0.182. The Morgan fingerprint density at radius 3 is 2.31 bits per heavy atom. The number of nitrogens with zero attached hydrogens (tertiary/aromatic N) is 1. The van der Waals surface area contributed by atoms with Gasteiger partial charge in [0.05, 0.1) is 17.1 Å². The van der Waals surface area contributed by atoms with Gasteiger partial charge < -0.3 is 10.6 Å². The predicted molar refractivity (Wildman–Crippen MR) is 111 cm³/mol. The number of aromatic nitrogens is 2. The van der Waals surface area contributed by atoms with Gasteiger partial charge in [-0.3, -0.25) is 19.5 Å². The molecular formula is C22H22N4O3. The first kappa shape index (κ1) is 20.0. The molecule has 7 heteroatoms. The number of H-pyrrole nitrogens is 1. The molecular weight excluding hydrogens is 368 g/mol. The molecule has 0 saturated heterocycles. The largest absolute Gasteiger partial charge is 0.326 e. The molecule has 0 unspecified atom stereocenters. The highest BCUT2D eigenvalue weighted by Gasteiger charge is 2.13. The lowest BCUT2D eigenvalue weighted by molar-refractivity contribution is -0.116. The minimum atomic E-state index is -0.298. The van der Waals surface area contributed by atoms with Gasteiger partial charge in [0.2, 0.25) is 5.91 Å². The quantitative estimate of drug-likeness (QED) is 0.533. The number of rotatable bonds is 7. The number of nitrogens with one attached hydrogen (secondary N) is 3. The molecule has 0 aliphatic carbocycles. The van der Waals surface area contributed by atoms with Crippen molar-refractivity contribution in [3.63, 3.8) is 0 Å². The summed E-state index contributed by atoms with van der Waals surface area (Å²) in [5, 5.41) is 12.4. The van der Waals surface area contributed by atoms with E-state index >= 15 is 0 Å². The Hall–Kier alpha value is -3.74. The number of carbonyl (C=O) groups is 3. The zero-order chi connectivity index (χ0) is 20.8. The normalized spacial score (nSPS) is 10.4. The lowest BCUT2D eigenvalue weighted by Crippen LogP contribution is -2.16. The molecule has 1 aromatic heterocycles. The average molecular weight is 390 g/mol. The van der Waals surface area contributed by atoms with Crippen LogP contribution in [-0.2, 0) is 4.79 Å². The Morgan fingerprint density at radius 2 is 1.62 bits per heavy atom. The summed E-state index contributed by atoms with van der Waals surface area (Å²) in [4.78, 5) is 36.8. The van der Waals surface area contributed by atoms with E-state index in [1.807, 2.05) is 13.0 Å². The summed E-state index contributed by atoms with van der Waals surface area (Å²) < 4.78 is 0. The summed E-state index contributed by atoms with van der Waals surface area (Å²) >= 11 is 0. The minimum absolute atomic E-state index is 0.0670. The van der Waals surface area contributed by atoms with Crippen LogP contribution in [0.5, 0.6) is 0 Å². The summed E-state index contributed by atoms with van der Waals surface area (Å²) in [6, 6.07) is 15.5.